The molecule has 0 spiro atoms. The van der Waals surface area contributed by atoms with Crippen LogP contribution in [0.2, 0.25) is 0 Å². The second kappa shape index (κ2) is 4.68. The first kappa shape index (κ1) is 11.6. The third-order valence-corrected chi connectivity index (χ3v) is 2.76. The summed E-state index contributed by atoms with van der Waals surface area (Å²) in [4.78, 5) is 15.7. The van der Waals surface area contributed by atoms with E-state index in [4.69, 9.17) is 4.74 Å². The van der Waals surface area contributed by atoms with Crippen molar-refractivity contribution in [2.24, 2.45) is 0 Å². The Morgan fingerprint density at radius 1 is 1.16 bits per heavy atom. The van der Waals surface area contributed by atoms with Crippen LogP contribution in [0, 0.1) is 0 Å². The highest BCUT2D eigenvalue weighted by molar-refractivity contribution is 5.97. The molecule has 0 aromatic carbocycles. The molecule has 0 radical (unpaired) electrons. The quantitative estimate of drug-likeness (QED) is 0.780. The van der Waals surface area contributed by atoms with Gasteiger partial charge in [-0.15, -0.1) is 0 Å². The Hall–Kier alpha value is -2.43. The molecule has 3 aromatic heterocycles. The molecule has 0 saturated heterocycles. The van der Waals surface area contributed by atoms with Crippen LogP contribution in [0.25, 0.3) is 22.3 Å². The highest BCUT2D eigenvalue weighted by Gasteiger charge is 2.13. The zero-order valence-electron chi connectivity index (χ0n) is 10.8. The predicted octanol–water partition coefficient (Wildman–Crippen LogP) is 2.81. The maximum atomic E-state index is 5.84. The predicted molar refractivity (Wildman–Crippen MR) is 72.9 cm³/mol. The van der Waals surface area contributed by atoms with Gasteiger partial charge in [0.2, 0.25) is 0 Å². The van der Waals surface area contributed by atoms with E-state index in [0.29, 0.717) is 0 Å². The number of pyridine rings is 1. The monoisotopic (exact) mass is 254 g/mol. The average Bonchev–Trinajstić information content (AvgIpc) is 2.84. The van der Waals surface area contributed by atoms with Crippen molar-refractivity contribution in [3.63, 3.8) is 0 Å². The Labute approximate surface area is 110 Å². The topological polar surface area (TPSA) is 63.7 Å². The first-order valence-corrected chi connectivity index (χ1v) is 6.15. The highest BCUT2D eigenvalue weighted by atomic mass is 16.5. The number of aromatic nitrogens is 4. The van der Waals surface area contributed by atoms with Crippen LogP contribution in [0.5, 0.6) is 5.75 Å². The summed E-state index contributed by atoms with van der Waals surface area (Å²) in [6.45, 7) is 4.01. The van der Waals surface area contributed by atoms with Crippen LogP contribution in [0.4, 0.5) is 0 Å². The van der Waals surface area contributed by atoms with Gasteiger partial charge in [0.15, 0.2) is 0 Å². The second-order valence-corrected chi connectivity index (χ2v) is 4.50. The van der Waals surface area contributed by atoms with Crippen molar-refractivity contribution >= 4 is 11.0 Å². The number of nitrogens with one attached hydrogen (secondary N) is 1. The molecule has 19 heavy (non-hydrogen) atoms. The van der Waals surface area contributed by atoms with Crippen LogP contribution in [0.15, 0.2) is 37.1 Å². The number of nitrogens with zero attached hydrogens (tertiary/aromatic N) is 3. The lowest BCUT2D eigenvalue weighted by molar-refractivity contribution is 0.245. The van der Waals surface area contributed by atoms with Crippen molar-refractivity contribution in [2.45, 2.75) is 20.0 Å². The summed E-state index contributed by atoms with van der Waals surface area (Å²) in [5.41, 5.74) is 2.62. The number of ether oxygens (including phenoxy) is 1. The number of rotatable bonds is 3. The van der Waals surface area contributed by atoms with Crippen molar-refractivity contribution in [3.05, 3.63) is 37.1 Å². The first-order chi connectivity index (χ1) is 9.25. The molecule has 1 N–H and O–H groups in total. The van der Waals surface area contributed by atoms with Gasteiger partial charge in [0.05, 0.1) is 17.2 Å². The lowest BCUT2D eigenvalue weighted by Crippen LogP contribution is -2.06. The number of fused-ring (bicyclic) bond motifs is 1. The maximum Gasteiger partial charge on any atom is 0.141 e. The molecule has 0 fully saturated rings. The van der Waals surface area contributed by atoms with Gasteiger partial charge in [-0.25, -0.2) is 15.0 Å². The van der Waals surface area contributed by atoms with E-state index in [1.54, 1.807) is 12.4 Å². The Bertz CT molecular complexity index is 691. The Kier molecular flexibility index (Phi) is 2.87. The molecular weight excluding hydrogens is 240 g/mol. The Balaban J connectivity index is 2.21. The Morgan fingerprint density at radius 3 is 2.79 bits per heavy atom. The summed E-state index contributed by atoms with van der Waals surface area (Å²) in [6, 6.07) is 3.75. The summed E-state index contributed by atoms with van der Waals surface area (Å²) < 4.78 is 5.84. The standard InChI is InChI=1S/C14H14N4O/c1-9(2)19-12-4-6-16-14-13(12)10(7-17-14)11-3-5-15-8-18-11/h3-9H,1-2H3,(H,16,17). The number of hydrogen-bond donors (Lipinski definition) is 1. The lowest BCUT2D eigenvalue weighted by atomic mass is 10.1. The zero-order valence-corrected chi connectivity index (χ0v) is 10.8. The summed E-state index contributed by atoms with van der Waals surface area (Å²) >= 11 is 0. The Morgan fingerprint density at radius 2 is 2.05 bits per heavy atom. The molecule has 5 heteroatoms. The van der Waals surface area contributed by atoms with Crippen molar-refractivity contribution in [1.82, 2.24) is 19.9 Å². The van der Waals surface area contributed by atoms with Crippen molar-refractivity contribution in [2.75, 3.05) is 0 Å². The molecular formula is C14H14N4O. The largest absolute Gasteiger partial charge is 0.490 e. The third-order valence-electron chi connectivity index (χ3n) is 2.76. The molecule has 0 aliphatic rings. The van der Waals surface area contributed by atoms with E-state index in [2.05, 4.69) is 19.9 Å². The molecule has 0 amide bonds. The van der Waals surface area contributed by atoms with Crippen LogP contribution in [-0.4, -0.2) is 26.0 Å². The molecule has 3 aromatic rings. The smallest absolute Gasteiger partial charge is 0.141 e. The van der Waals surface area contributed by atoms with E-state index in [-0.39, 0.29) is 6.10 Å². The van der Waals surface area contributed by atoms with Crippen LogP contribution < -0.4 is 4.74 Å². The minimum Gasteiger partial charge on any atom is -0.490 e. The fraction of sp³-hybridized carbons (Fsp3) is 0.214. The number of hydrogen-bond acceptors (Lipinski definition) is 4. The third kappa shape index (κ3) is 2.14. The highest BCUT2D eigenvalue weighted by Crippen LogP contribution is 2.33. The van der Waals surface area contributed by atoms with Crippen LogP contribution in [0.3, 0.4) is 0 Å². The molecule has 0 atom stereocenters. The average molecular weight is 254 g/mol. The number of aromatic amines is 1. The molecule has 0 aliphatic heterocycles. The van der Waals surface area contributed by atoms with Crippen LogP contribution in [-0.2, 0) is 0 Å². The zero-order chi connectivity index (χ0) is 13.2. The maximum absolute atomic E-state index is 5.84. The van der Waals surface area contributed by atoms with Crippen LogP contribution in [0.1, 0.15) is 13.8 Å². The van der Waals surface area contributed by atoms with Gasteiger partial charge in [-0.05, 0) is 26.0 Å². The van der Waals surface area contributed by atoms with E-state index in [1.165, 1.54) is 6.33 Å². The van der Waals surface area contributed by atoms with Crippen molar-refractivity contribution < 1.29 is 4.74 Å². The number of H-pyrrole nitrogens is 1. The van der Waals surface area contributed by atoms with Gasteiger partial charge in [0.1, 0.15) is 17.7 Å². The van der Waals surface area contributed by atoms with Crippen molar-refractivity contribution in [1.29, 1.82) is 0 Å². The van der Waals surface area contributed by atoms with Gasteiger partial charge in [0, 0.05) is 24.2 Å². The fourth-order valence-corrected chi connectivity index (χ4v) is 2.03. The minimum absolute atomic E-state index is 0.110. The van der Waals surface area contributed by atoms with E-state index >= 15 is 0 Å². The van der Waals surface area contributed by atoms with E-state index in [0.717, 1.165) is 28.0 Å². The normalized spacial score (nSPS) is 11.1. The minimum atomic E-state index is 0.110. The lowest BCUT2D eigenvalue weighted by Gasteiger charge is -2.11. The fourth-order valence-electron chi connectivity index (χ4n) is 2.03. The molecule has 0 bridgehead atoms. The molecule has 0 aliphatic carbocycles. The second-order valence-electron chi connectivity index (χ2n) is 4.50. The van der Waals surface area contributed by atoms with Gasteiger partial charge in [-0.2, -0.15) is 0 Å². The first-order valence-electron chi connectivity index (χ1n) is 6.15. The van der Waals surface area contributed by atoms with Gasteiger partial charge in [-0.1, -0.05) is 0 Å². The van der Waals surface area contributed by atoms with Gasteiger partial charge in [-0.3, -0.25) is 0 Å². The van der Waals surface area contributed by atoms with E-state index in [9.17, 15) is 0 Å². The van der Waals surface area contributed by atoms with Gasteiger partial charge < -0.3 is 9.72 Å². The van der Waals surface area contributed by atoms with E-state index in [1.807, 2.05) is 32.2 Å². The molecule has 96 valence electrons. The van der Waals surface area contributed by atoms with Crippen LogP contribution >= 0.6 is 0 Å². The summed E-state index contributed by atoms with van der Waals surface area (Å²) in [5, 5.41) is 0.954. The van der Waals surface area contributed by atoms with Gasteiger partial charge >= 0.3 is 0 Å². The van der Waals surface area contributed by atoms with Crippen molar-refractivity contribution in [3.8, 4) is 17.0 Å². The molecule has 3 heterocycles. The van der Waals surface area contributed by atoms with Gasteiger partial charge in [0.25, 0.3) is 0 Å². The summed E-state index contributed by atoms with van der Waals surface area (Å²) in [7, 11) is 0. The molecule has 0 saturated carbocycles. The molecule has 3 rings (SSSR count). The molecule has 5 nitrogen and oxygen atoms in total. The summed E-state index contributed by atoms with van der Waals surface area (Å²) in [5.74, 6) is 0.815. The summed E-state index contributed by atoms with van der Waals surface area (Å²) in [6.07, 6.45) is 7.00. The molecule has 0 unspecified atom stereocenters. The van der Waals surface area contributed by atoms with E-state index < -0.39 is 0 Å². The SMILES string of the molecule is CC(C)Oc1ccnc2[nH]cc(-c3ccncn3)c12.